The van der Waals surface area contributed by atoms with Crippen molar-refractivity contribution in [1.29, 1.82) is 0 Å². The number of carbonyl (C=O) groups is 1. The van der Waals surface area contributed by atoms with Gasteiger partial charge < -0.3 is 15.7 Å². The van der Waals surface area contributed by atoms with Crippen LogP contribution in [0.25, 0.3) is 33.3 Å². The number of hydrogen-bond donors (Lipinski definition) is 3. The molecule has 2 aromatic heterocycles. The topological polar surface area (TPSA) is 91.8 Å². The zero-order valence-corrected chi connectivity index (χ0v) is 17.2. The molecule has 1 amide bonds. The lowest BCUT2D eigenvalue weighted by Crippen LogP contribution is -2.37. The second-order valence-corrected chi connectivity index (χ2v) is 7.92. The van der Waals surface area contributed by atoms with Crippen molar-refractivity contribution in [2.45, 2.75) is 13.0 Å². The van der Waals surface area contributed by atoms with E-state index in [1.54, 1.807) is 6.07 Å². The highest BCUT2D eigenvalue weighted by atomic mass is 16.1. The van der Waals surface area contributed by atoms with Gasteiger partial charge >= 0.3 is 0 Å². The van der Waals surface area contributed by atoms with Crippen LogP contribution in [0, 0.1) is 0 Å². The number of rotatable bonds is 2. The number of H-pyrrole nitrogens is 1. The first kappa shape index (κ1) is 18.4. The predicted octanol–water partition coefficient (Wildman–Crippen LogP) is 4.15. The standard InChI is InChI=1S/C25H19N5O2/c1-14(31)26-16-12-10-15(11-13-16)22-21-17-6-2-4-8-19(17)27-23(21)24-28-20-9-5-3-7-18(20)25(32)30(24)29-22/h2-13,22,27,29H,1H3,(H,26,31). The molecule has 1 aliphatic rings. The normalized spacial score (nSPS) is 14.6. The van der Waals surface area contributed by atoms with E-state index >= 15 is 0 Å². The Morgan fingerprint density at radius 1 is 0.969 bits per heavy atom. The summed E-state index contributed by atoms with van der Waals surface area (Å²) >= 11 is 0. The van der Waals surface area contributed by atoms with Gasteiger partial charge in [0.15, 0.2) is 5.82 Å². The number of anilines is 1. The Balaban J connectivity index is 1.60. The van der Waals surface area contributed by atoms with Crippen molar-refractivity contribution in [1.82, 2.24) is 14.6 Å². The number of carbonyl (C=O) groups excluding carboxylic acids is 1. The number of aromatic nitrogens is 3. The van der Waals surface area contributed by atoms with Gasteiger partial charge in [0, 0.05) is 29.1 Å². The van der Waals surface area contributed by atoms with E-state index in [0.717, 1.165) is 33.4 Å². The smallest absolute Gasteiger partial charge is 0.280 e. The van der Waals surface area contributed by atoms with Gasteiger partial charge in [-0.2, -0.15) is 0 Å². The Bertz CT molecular complexity index is 1580. The monoisotopic (exact) mass is 421 g/mol. The van der Waals surface area contributed by atoms with E-state index in [4.69, 9.17) is 4.98 Å². The summed E-state index contributed by atoms with van der Waals surface area (Å²) in [7, 11) is 0. The number of para-hydroxylation sites is 2. The third-order valence-corrected chi connectivity index (χ3v) is 5.86. The van der Waals surface area contributed by atoms with E-state index in [9.17, 15) is 9.59 Å². The molecular weight excluding hydrogens is 402 g/mol. The molecule has 32 heavy (non-hydrogen) atoms. The molecule has 3 heterocycles. The van der Waals surface area contributed by atoms with Crippen LogP contribution in [-0.2, 0) is 4.79 Å². The molecule has 0 radical (unpaired) electrons. The molecule has 0 saturated carbocycles. The van der Waals surface area contributed by atoms with Gasteiger partial charge in [-0.15, -0.1) is 0 Å². The molecule has 3 aromatic carbocycles. The molecule has 0 fully saturated rings. The fourth-order valence-corrected chi connectivity index (χ4v) is 4.46. The summed E-state index contributed by atoms with van der Waals surface area (Å²) in [5, 5.41) is 4.42. The van der Waals surface area contributed by atoms with Crippen molar-refractivity contribution in [3.8, 4) is 11.5 Å². The second kappa shape index (κ2) is 6.81. The molecule has 0 bridgehead atoms. The number of hydrogen-bond acceptors (Lipinski definition) is 4. The van der Waals surface area contributed by atoms with Crippen LogP contribution in [-0.4, -0.2) is 20.6 Å². The van der Waals surface area contributed by atoms with Crippen LogP contribution in [0.15, 0.2) is 77.6 Å². The quantitative estimate of drug-likeness (QED) is 0.399. The number of aromatic amines is 1. The fourth-order valence-electron chi connectivity index (χ4n) is 4.46. The summed E-state index contributed by atoms with van der Waals surface area (Å²) in [6, 6.07) is 22.8. The van der Waals surface area contributed by atoms with Gasteiger partial charge in [0.2, 0.25) is 5.91 Å². The first-order valence-corrected chi connectivity index (χ1v) is 10.4. The molecule has 0 spiro atoms. The Hall–Kier alpha value is -4.39. The summed E-state index contributed by atoms with van der Waals surface area (Å²) in [6.07, 6.45) is 0. The Morgan fingerprint density at radius 3 is 2.47 bits per heavy atom. The second-order valence-electron chi connectivity index (χ2n) is 7.92. The zero-order valence-electron chi connectivity index (χ0n) is 17.2. The first-order chi connectivity index (χ1) is 15.6. The van der Waals surface area contributed by atoms with Gasteiger partial charge in [-0.05, 0) is 35.9 Å². The number of fused-ring (bicyclic) bond motifs is 6. The van der Waals surface area contributed by atoms with Crippen molar-refractivity contribution >= 4 is 33.4 Å². The van der Waals surface area contributed by atoms with Crippen molar-refractivity contribution < 1.29 is 4.79 Å². The maximum absolute atomic E-state index is 13.3. The third kappa shape index (κ3) is 2.71. The minimum Gasteiger partial charge on any atom is -0.352 e. The van der Waals surface area contributed by atoms with E-state index in [1.165, 1.54) is 11.6 Å². The van der Waals surface area contributed by atoms with Crippen LogP contribution in [0.5, 0.6) is 0 Å². The lowest BCUT2D eigenvalue weighted by molar-refractivity contribution is -0.114. The summed E-state index contributed by atoms with van der Waals surface area (Å²) in [6.45, 7) is 1.48. The van der Waals surface area contributed by atoms with Crippen LogP contribution in [0.2, 0.25) is 0 Å². The number of nitrogens with one attached hydrogen (secondary N) is 3. The largest absolute Gasteiger partial charge is 0.352 e. The molecule has 0 aliphatic carbocycles. The highest BCUT2D eigenvalue weighted by Gasteiger charge is 2.31. The average Bonchev–Trinajstić information content (AvgIpc) is 3.19. The summed E-state index contributed by atoms with van der Waals surface area (Å²) in [4.78, 5) is 33.0. The predicted molar refractivity (Wildman–Crippen MR) is 125 cm³/mol. The lowest BCUT2D eigenvalue weighted by Gasteiger charge is -2.29. The van der Waals surface area contributed by atoms with E-state index in [1.807, 2.05) is 60.7 Å². The maximum Gasteiger partial charge on any atom is 0.280 e. The maximum atomic E-state index is 13.3. The molecule has 7 heteroatoms. The Kier molecular flexibility index (Phi) is 3.91. The van der Waals surface area contributed by atoms with E-state index in [2.05, 4.69) is 21.8 Å². The van der Waals surface area contributed by atoms with Crippen LogP contribution >= 0.6 is 0 Å². The van der Waals surface area contributed by atoms with E-state index in [0.29, 0.717) is 16.7 Å². The van der Waals surface area contributed by atoms with Crippen LogP contribution in [0.1, 0.15) is 24.1 Å². The molecule has 6 rings (SSSR count). The van der Waals surface area contributed by atoms with Crippen LogP contribution in [0.4, 0.5) is 5.69 Å². The molecule has 1 unspecified atom stereocenters. The fraction of sp³-hybridized carbons (Fsp3) is 0.0800. The minimum atomic E-state index is -0.277. The molecule has 3 N–H and O–H groups in total. The summed E-state index contributed by atoms with van der Waals surface area (Å²) < 4.78 is 1.53. The number of benzene rings is 3. The Morgan fingerprint density at radius 2 is 1.69 bits per heavy atom. The minimum absolute atomic E-state index is 0.120. The molecule has 0 saturated heterocycles. The van der Waals surface area contributed by atoms with Crippen LogP contribution < -0.4 is 16.3 Å². The number of amides is 1. The highest BCUT2D eigenvalue weighted by molar-refractivity contribution is 5.93. The third-order valence-electron chi connectivity index (χ3n) is 5.86. The SMILES string of the molecule is CC(=O)Nc1ccc(C2Nn3c(nc4ccccc4c3=O)-c3[nH]c4ccccc4c32)cc1. The van der Waals surface area contributed by atoms with Crippen molar-refractivity contribution in [2.75, 3.05) is 10.7 Å². The van der Waals surface area contributed by atoms with Crippen molar-refractivity contribution in [3.05, 3.63) is 94.3 Å². The molecular formula is C25H19N5O2. The average molecular weight is 421 g/mol. The van der Waals surface area contributed by atoms with Gasteiger partial charge in [-0.25, -0.2) is 9.66 Å². The molecule has 1 atom stereocenters. The molecule has 5 aromatic rings. The first-order valence-electron chi connectivity index (χ1n) is 10.4. The van der Waals surface area contributed by atoms with Gasteiger partial charge in [0.1, 0.15) is 0 Å². The van der Waals surface area contributed by atoms with Crippen molar-refractivity contribution in [3.63, 3.8) is 0 Å². The van der Waals surface area contributed by atoms with Crippen molar-refractivity contribution in [2.24, 2.45) is 0 Å². The van der Waals surface area contributed by atoms with Crippen LogP contribution in [0.3, 0.4) is 0 Å². The van der Waals surface area contributed by atoms with Gasteiger partial charge in [0.25, 0.3) is 5.56 Å². The highest BCUT2D eigenvalue weighted by Crippen LogP contribution is 2.40. The van der Waals surface area contributed by atoms with E-state index < -0.39 is 0 Å². The lowest BCUT2D eigenvalue weighted by atomic mass is 9.94. The van der Waals surface area contributed by atoms with Gasteiger partial charge in [-0.1, -0.05) is 42.5 Å². The molecule has 1 aliphatic heterocycles. The van der Waals surface area contributed by atoms with E-state index in [-0.39, 0.29) is 17.5 Å². The van der Waals surface area contributed by atoms with Gasteiger partial charge in [-0.3, -0.25) is 9.59 Å². The van der Waals surface area contributed by atoms with Gasteiger partial charge in [0.05, 0.1) is 22.6 Å². The molecule has 7 nitrogen and oxygen atoms in total. The summed E-state index contributed by atoms with van der Waals surface area (Å²) in [5.74, 6) is 0.442. The zero-order chi connectivity index (χ0) is 21.8. The Labute approximate surface area is 182 Å². The number of nitrogens with zero attached hydrogens (tertiary/aromatic N) is 2. The molecule has 156 valence electrons. The summed E-state index contributed by atoms with van der Waals surface area (Å²) in [5.41, 5.74) is 8.45.